The Morgan fingerprint density at radius 3 is 2.29 bits per heavy atom. The molecular weight excluding hydrogens is 178 g/mol. The Morgan fingerprint density at radius 2 is 1.86 bits per heavy atom. The Hall–Kier alpha value is -0.770. The third-order valence-corrected chi connectivity index (χ3v) is 2.70. The van der Waals surface area contributed by atoms with Crippen molar-refractivity contribution in [1.29, 1.82) is 0 Å². The van der Waals surface area contributed by atoms with E-state index in [-0.39, 0.29) is 12.7 Å². The molecular formula is C10H23N3O. The predicted octanol–water partition coefficient (Wildman–Crippen LogP) is 1.27. The summed E-state index contributed by atoms with van der Waals surface area (Å²) in [5.74, 6) is 1.21. The third-order valence-electron chi connectivity index (χ3n) is 2.70. The molecule has 0 aromatic carbocycles. The van der Waals surface area contributed by atoms with Crippen LogP contribution in [-0.4, -0.2) is 19.2 Å². The summed E-state index contributed by atoms with van der Waals surface area (Å²) in [5, 5.41) is 5.31. The van der Waals surface area contributed by atoms with Crippen LogP contribution in [0.15, 0.2) is 0 Å². The van der Waals surface area contributed by atoms with Crippen LogP contribution in [0.4, 0.5) is 4.79 Å². The van der Waals surface area contributed by atoms with Crippen LogP contribution in [0, 0.1) is 11.8 Å². The van der Waals surface area contributed by atoms with E-state index in [1.54, 1.807) is 0 Å². The molecule has 0 aromatic rings. The number of carbonyl (C=O) groups is 1. The van der Waals surface area contributed by atoms with Crippen molar-refractivity contribution in [1.82, 2.24) is 10.6 Å². The molecule has 2 amide bonds. The maximum absolute atomic E-state index is 11.0. The van der Waals surface area contributed by atoms with Crippen molar-refractivity contribution in [3.63, 3.8) is 0 Å². The summed E-state index contributed by atoms with van der Waals surface area (Å²) in [6, 6.07) is -0.176. The number of urea groups is 1. The molecule has 0 fully saturated rings. The number of hydrogen-bond donors (Lipinski definition) is 3. The number of nitrogens with one attached hydrogen (secondary N) is 2. The van der Waals surface area contributed by atoms with Gasteiger partial charge in [0, 0.05) is 6.54 Å². The second-order valence-corrected chi connectivity index (χ2v) is 3.64. The number of rotatable bonds is 6. The van der Waals surface area contributed by atoms with Gasteiger partial charge in [0.1, 0.15) is 0 Å². The van der Waals surface area contributed by atoms with E-state index in [0.717, 1.165) is 19.4 Å². The molecule has 14 heavy (non-hydrogen) atoms. The van der Waals surface area contributed by atoms with Gasteiger partial charge in [0.15, 0.2) is 0 Å². The zero-order chi connectivity index (χ0) is 11.0. The van der Waals surface area contributed by atoms with Gasteiger partial charge in [0.25, 0.3) is 0 Å². The van der Waals surface area contributed by atoms with E-state index in [4.69, 9.17) is 5.73 Å². The van der Waals surface area contributed by atoms with Gasteiger partial charge in [-0.3, -0.25) is 0 Å². The molecule has 0 saturated heterocycles. The van der Waals surface area contributed by atoms with Crippen molar-refractivity contribution in [2.24, 2.45) is 17.6 Å². The largest absolute Gasteiger partial charge is 0.338 e. The number of nitrogens with two attached hydrogens (primary N) is 1. The second kappa shape index (κ2) is 7.62. The van der Waals surface area contributed by atoms with Crippen LogP contribution in [0.5, 0.6) is 0 Å². The van der Waals surface area contributed by atoms with Gasteiger partial charge >= 0.3 is 6.03 Å². The highest BCUT2D eigenvalue weighted by Crippen LogP contribution is 2.17. The van der Waals surface area contributed by atoms with Crippen molar-refractivity contribution < 1.29 is 4.79 Å². The minimum absolute atomic E-state index is 0.176. The Balaban J connectivity index is 3.71. The van der Waals surface area contributed by atoms with Crippen LogP contribution in [0.25, 0.3) is 0 Å². The first-order chi connectivity index (χ1) is 6.65. The first kappa shape index (κ1) is 13.2. The van der Waals surface area contributed by atoms with Crippen molar-refractivity contribution in [3.05, 3.63) is 0 Å². The Kier molecular flexibility index (Phi) is 7.20. The zero-order valence-corrected chi connectivity index (χ0v) is 9.47. The van der Waals surface area contributed by atoms with Gasteiger partial charge < -0.3 is 16.4 Å². The number of carbonyl (C=O) groups excluding carboxylic acids is 1. The second-order valence-electron chi connectivity index (χ2n) is 3.64. The van der Waals surface area contributed by atoms with Crippen LogP contribution in [0.2, 0.25) is 0 Å². The highest BCUT2D eigenvalue weighted by atomic mass is 16.2. The standard InChI is InChI=1S/C10H23N3O/c1-4-9(5-2)8(3)6-12-10(14)13-7-11/h8-9H,4-7,11H2,1-3H3,(H2,12,13,14). The van der Waals surface area contributed by atoms with E-state index >= 15 is 0 Å². The summed E-state index contributed by atoms with van der Waals surface area (Å²) >= 11 is 0. The summed E-state index contributed by atoms with van der Waals surface area (Å²) < 4.78 is 0. The van der Waals surface area contributed by atoms with E-state index in [1.165, 1.54) is 0 Å². The molecule has 1 unspecified atom stereocenters. The summed E-state index contributed by atoms with van der Waals surface area (Å²) in [4.78, 5) is 11.0. The first-order valence-corrected chi connectivity index (χ1v) is 5.37. The molecule has 0 heterocycles. The molecule has 84 valence electrons. The van der Waals surface area contributed by atoms with E-state index in [2.05, 4.69) is 31.4 Å². The molecule has 4 nitrogen and oxygen atoms in total. The molecule has 0 aliphatic heterocycles. The fourth-order valence-electron chi connectivity index (χ4n) is 1.67. The molecule has 0 aliphatic carbocycles. The van der Waals surface area contributed by atoms with Crippen LogP contribution < -0.4 is 16.4 Å². The summed E-state index contributed by atoms with van der Waals surface area (Å²) in [6.07, 6.45) is 2.33. The van der Waals surface area contributed by atoms with Crippen LogP contribution >= 0.6 is 0 Å². The normalized spacial score (nSPS) is 12.6. The van der Waals surface area contributed by atoms with E-state index in [9.17, 15) is 4.79 Å². The van der Waals surface area contributed by atoms with Crippen molar-refractivity contribution in [2.75, 3.05) is 13.2 Å². The minimum Gasteiger partial charge on any atom is -0.338 e. The monoisotopic (exact) mass is 201 g/mol. The lowest BCUT2D eigenvalue weighted by molar-refractivity contribution is 0.235. The molecule has 0 spiro atoms. The van der Waals surface area contributed by atoms with Crippen LogP contribution in [0.3, 0.4) is 0 Å². The fraction of sp³-hybridized carbons (Fsp3) is 0.900. The van der Waals surface area contributed by atoms with Crippen molar-refractivity contribution >= 4 is 6.03 Å². The van der Waals surface area contributed by atoms with Gasteiger partial charge in [0.05, 0.1) is 6.67 Å². The molecule has 1 atom stereocenters. The van der Waals surface area contributed by atoms with Gasteiger partial charge in [-0.15, -0.1) is 0 Å². The summed E-state index contributed by atoms with van der Waals surface area (Å²) in [7, 11) is 0. The third kappa shape index (κ3) is 5.07. The van der Waals surface area contributed by atoms with Gasteiger partial charge in [0.2, 0.25) is 0 Å². The molecule has 0 rings (SSSR count). The van der Waals surface area contributed by atoms with E-state index < -0.39 is 0 Å². The molecule has 0 radical (unpaired) electrons. The molecule has 0 bridgehead atoms. The summed E-state index contributed by atoms with van der Waals surface area (Å²) in [6.45, 7) is 7.44. The Bertz CT molecular complexity index is 157. The maximum Gasteiger partial charge on any atom is 0.315 e. The molecule has 0 saturated carbocycles. The zero-order valence-electron chi connectivity index (χ0n) is 9.47. The number of hydrogen-bond acceptors (Lipinski definition) is 2. The molecule has 4 heteroatoms. The fourth-order valence-corrected chi connectivity index (χ4v) is 1.67. The Labute approximate surface area is 86.6 Å². The molecule has 0 aromatic heterocycles. The van der Waals surface area contributed by atoms with Gasteiger partial charge in [-0.25, -0.2) is 4.79 Å². The summed E-state index contributed by atoms with van der Waals surface area (Å²) in [5.41, 5.74) is 5.18. The van der Waals surface area contributed by atoms with Gasteiger partial charge in [-0.05, 0) is 11.8 Å². The van der Waals surface area contributed by atoms with Gasteiger partial charge in [-0.1, -0.05) is 33.6 Å². The van der Waals surface area contributed by atoms with Gasteiger partial charge in [-0.2, -0.15) is 0 Å². The molecule has 4 N–H and O–H groups in total. The lowest BCUT2D eigenvalue weighted by Crippen LogP contribution is -2.41. The smallest absolute Gasteiger partial charge is 0.315 e. The molecule has 0 aliphatic rings. The van der Waals surface area contributed by atoms with Crippen LogP contribution in [-0.2, 0) is 0 Å². The predicted molar refractivity (Wildman–Crippen MR) is 58.8 cm³/mol. The van der Waals surface area contributed by atoms with Crippen molar-refractivity contribution in [3.8, 4) is 0 Å². The lowest BCUT2D eigenvalue weighted by Gasteiger charge is -2.21. The SMILES string of the molecule is CCC(CC)C(C)CNC(=O)NCN. The highest BCUT2D eigenvalue weighted by Gasteiger charge is 2.13. The first-order valence-electron chi connectivity index (χ1n) is 5.37. The van der Waals surface area contributed by atoms with E-state index in [0.29, 0.717) is 11.8 Å². The Morgan fingerprint density at radius 1 is 1.29 bits per heavy atom. The van der Waals surface area contributed by atoms with Crippen LogP contribution in [0.1, 0.15) is 33.6 Å². The highest BCUT2D eigenvalue weighted by molar-refractivity contribution is 5.73. The average molecular weight is 201 g/mol. The lowest BCUT2D eigenvalue weighted by atomic mass is 9.89. The maximum atomic E-state index is 11.0. The minimum atomic E-state index is -0.176. The quantitative estimate of drug-likeness (QED) is 0.567. The van der Waals surface area contributed by atoms with Crippen molar-refractivity contribution in [2.45, 2.75) is 33.6 Å². The van der Waals surface area contributed by atoms with E-state index in [1.807, 2.05) is 0 Å². The number of amides is 2. The topological polar surface area (TPSA) is 67.2 Å². The average Bonchev–Trinajstić information content (AvgIpc) is 2.17.